The number of carbonyl (C=O) groups is 2. The molecule has 0 bridgehead atoms. The summed E-state index contributed by atoms with van der Waals surface area (Å²) in [6.45, 7) is 4.18. The maximum Gasteiger partial charge on any atom is 0.306 e. The van der Waals surface area contributed by atoms with Gasteiger partial charge in [0.25, 0.3) is 7.82 Å². The van der Waals surface area contributed by atoms with Crippen LogP contribution in [0.1, 0.15) is 232 Å². The SMILES string of the molecule is CCCCC/C=C\C/C=C\C/C=C\CCCCCCCCC(=O)OCC(COP(=O)([O-])OCC[N+](C)(C)C)OC(=O)CCCCCCCCCCCC/C=C\C/C=C\C/C=C\CCCCCCC. The third-order valence-corrected chi connectivity index (χ3v) is 12.7. The monoisotopic (exact) mass is 974 g/mol. The maximum atomic E-state index is 12.8. The molecule has 394 valence electrons. The first-order valence-corrected chi connectivity index (χ1v) is 29.1. The molecule has 0 aromatic heterocycles. The highest BCUT2D eigenvalue weighted by molar-refractivity contribution is 7.45. The topological polar surface area (TPSA) is 111 Å². The largest absolute Gasteiger partial charge is 0.756 e. The Kier molecular flexibility index (Phi) is 47.6. The summed E-state index contributed by atoms with van der Waals surface area (Å²) < 4.78 is 34.1. The Bertz CT molecular complexity index is 1380. The number of quaternary nitrogens is 1. The molecule has 68 heavy (non-hydrogen) atoms. The highest BCUT2D eigenvalue weighted by atomic mass is 31.2. The number of esters is 2. The lowest BCUT2D eigenvalue weighted by Gasteiger charge is -2.28. The van der Waals surface area contributed by atoms with Crippen LogP contribution in [0.3, 0.4) is 0 Å². The number of unbranched alkanes of at least 4 members (excludes halogenated alkanes) is 24. The second-order valence-electron chi connectivity index (χ2n) is 19.6. The molecule has 9 nitrogen and oxygen atoms in total. The van der Waals surface area contributed by atoms with Gasteiger partial charge >= 0.3 is 11.9 Å². The predicted octanol–water partition coefficient (Wildman–Crippen LogP) is 16.3. The number of nitrogens with zero attached hydrogens (tertiary/aromatic N) is 1. The van der Waals surface area contributed by atoms with E-state index in [2.05, 4.69) is 86.8 Å². The van der Waals surface area contributed by atoms with Gasteiger partial charge in [0.1, 0.15) is 19.8 Å². The molecule has 0 radical (unpaired) electrons. The van der Waals surface area contributed by atoms with Crippen molar-refractivity contribution in [2.24, 2.45) is 0 Å². The fraction of sp³-hybridized carbons (Fsp3) is 0.759. The van der Waals surface area contributed by atoms with Gasteiger partial charge in [-0.25, -0.2) is 0 Å². The van der Waals surface area contributed by atoms with Crippen molar-refractivity contribution in [3.63, 3.8) is 0 Å². The van der Waals surface area contributed by atoms with Crippen LogP contribution in [-0.2, 0) is 32.7 Å². The van der Waals surface area contributed by atoms with Crippen LogP contribution in [0.5, 0.6) is 0 Å². The molecule has 0 aliphatic carbocycles. The standard InChI is InChI=1S/C58H104NO8P/c1-6-8-10-12-14-16-18-20-22-24-26-27-28-29-30-31-33-35-37-39-41-43-45-47-49-51-58(61)67-56(55-66-68(62,63)65-53-52-59(3,4)5)54-64-57(60)50-48-46-44-42-40-38-36-34-32-25-23-21-19-17-15-13-11-9-7-2/h15,17-18,20-21,23-24,26,28-29,32,34,56H,6-14,16,19,22,25,27,30-31,33,35-55H2,1-5H3/b17-15-,20-18-,23-21-,26-24-,29-28-,34-32-. The molecular formula is C58H104NO8P. The molecule has 0 rings (SSSR count). The van der Waals surface area contributed by atoms with Gasteiger partial charge in [0.2, 0.25) is 0 Å². The van der Waals surface area contributed by atoms with Crippen LogP contribution >= 0.6 is 7.82 Å². The van der Waals surface area contributed by atoms with Gasteiger partial charge in [-0.15, -0.1) is 0 Å². The van der Waals surface area contributed by atoms with Crippen LogP contribution in [-0.4, -0.2) is 70.0 Å². The molecule has 0 aliphatic rings. The Labute approximate surface area is 418 Å². The molecule has 0 saturated heterocycles. The van der Waals surface area contributed by atoms with Crippen molar-refractivity contribution >= 4 is 19.8 Å². The number of likely N-dealkylation sites (N-methyl/N-ethyl adjacent to an activating group) is 1. The van der Waals surface area contributed by atoms with Gasteiger partial charge in [0, 0.05) is 12.8 Å². The molecule has 0 heterocycles. The van der Waals surface area contributed by atoms with E-state index in [9.17, 15) is 19.0 Å². The first-order chi connectivity index (χ1) is 33.0. The number of hydrogen-bond donors (Lipinski definition) is 0. The molecule has 0 aliphatic heterocycles. The Morgan fingerprint density at radius 1 is 0.456 bits per heavy atom. The van der Waals surface area contributed by atoms with E-state index in [0.717, 1.165) is 83.5 Å². The van der Waals surface area contributed by atoms with Crippen LogP contribution in [0.4, 0.5) is 0 Å². The number of hydrogen-bond acceptors (Lipinski definition) is 8. The van der Waals surface area contributed by atoms with Crippen LogP contribution in [0.15, 0.2) is 72.9 Å². The third-order valence-electron chi connectivity index (χ3n) is 11.7. The minimum absolute atomic E-state index is 0.0370. The van der Waals surface area contributed by atoms with E-state index < -0.39 is 32.5 Å². The third kappa shape index (κ3) is 52.8. The molecule has 0 N–H and O–H groups in total. The quantitative estimate of drug-likeness (QED) is 0.0195. The average Bonchev–Trinajstić information content (AvgIpc) is 3.30. The Balaban J connectivity index is 4.24. The summed E-state index contributed by atoms with van der Waals surface area (Å²) in [5.41, 5.74) is 0. The van der Waals surface area contributed by atoms with Gasteiger partial charge in [-0.1, -0.05) is 202 Å². The molecule has 0 aromatic carbocycles. The van der Waals surface area contributed by atoms with Crippen molar-refractivity contribution in [1.29, 1.82) is 0 Å². The summed E-state index contributed by atoms with van der Waals surface area (Å²) in [7, 11) is 1.15. The normalized spacial score (nSPS) is 13.9. The Morgan fingerprint density at radius 3 is 1.21 bits per heavy atom. The summed E-state index contributed by atoms with van der Waals surface area (Å²) in [4.78, 5) is 37.8. The lowest BCUT2D eigenvalue weighted by molar-refractivity contribution is -0.870. The number of allylic oxidation sites excluding steroid dienone is 12. The van der Waals surface area contributed by atoms with E-state index in [1.165, 1.54) is 109 Å². The summed E-state index contributed by atoms with van der Waals surface area (Å²) in [5.74, 6) is -0.853. The van der Waals surface area contributed by atoms with Gasteiger partial charge in [-0.05, 0) is 89.9 Å². The zero-order valence-corrected chi connectivity index (χ0v) is 45.4. The van der Waals surface area contributed by atoms with Crippen LogP contribution < -0.4 is 4.89 Å². The maximum absolute atomic E-state index is 12.8. The van der Waals surface area contributed by atoms with Crippen molar-refractivity contribution < 1.29 is 42.1 Å². The molecule has 0 amide bonds. The van der Waals surface area contributed by atoms with E-state index >= 15 is 0 Å². The van der Waals surface area contributed by atoms with E-state index in [1.807, 2.05) is 21.1 Å². The minimum Gasteiger partial charge on any atom is -0.756 e. The molecule has 0 fully saturated rings. The highest BCUT2D eigenvalue weighted by Gasteiger charge is 2.21. The van der Waals surface area contributed by atoms with Gasteiger partial charge in [0.15, 0.2) is 6.10 Å². The number of phosphoric ester groups is 1. The molecule has 0 aromatic rings. The second kappa shape index (κ2) is 49.4. The smallest absolute Gasteiger partial charge is 0.306 e. The van der Waals surface area contributed by atoms with Crippen LogP contribution in [0.2, 0.25) is 0 Å². The number of phosphoric acid groups is 1. The van der Waals surface area contributed by atoms with E-state index in [4.69, 9.17) is 18.5 Å². The molecule has 10 heteroatoms. The van der Waals surface area contributed by atoms with Gasteiger partial charge in [0.05, 0.1) is 27.7 Å². The van der Waals surface area contributed by atoms with Crippen LogP contribution in [0, 0.1) is 0 Å². The summed E-state index contributed by atoms with van der Waals surface area (Å²) in [6, 6.07) is 0. The molecule has 0 saturated carbocycles. The number of carbonyl (C=O) groups excluding carboxylic acids is 2. The Morgan fingerprint density at radius 2 is 0.794 bits per heavy atom. The first-order valence-electron chi connectivity index (χ1n) is 27.6. The lowest BCUT2D eigenvalue weighted by atomic mass is 10.0. The van der Waals surface area contributed by atoms with Crippen molar-refractivity contribution in [2.75, 3.05) is 47.5 Å². The highest BCUT2D eigenvalue weighted by Crippen LogP contribution is 2.38. The Hall–Kier alpha value is -2.55. The summed E-state index contributed by atoms with van der Waals surface area (Å²) in [6.07, 6.45) is 63.6. The zero-order chi connectivity index (χ0) is 49.9. The molecule has 2 unspecified atom stereocenters. The van der Waals surface area contributed by atoms with E-state index in [0.29, 0.717) is 23.9 Å². The zero-order valence-electron chi connectivity index (χ0n) is 44.5. The lowest BCUT2D eigenvalue weighted by Crippen LogP contribution is -2.37. The molecule has 2 atom stereocenters. The van der Waals surface area contributed by atoms with Crippen molar-refractivity contribution in [2.45, 2.75) is 238 Å². The van der Waals surface area contributed by atoms with Gasteiger partial charge in [-0.3, -0.25) is 14.2 Å². The van der Waals surface area contributed by atoms with Crippen molar-refractivity contribution in [1.82, 2.24) is 0 Å². The molecule has 0 spiro atoms. The predicted molar refractivity (Wildman–Crippen MR) is 286 cm³/mol. The number of rotatable bonds is 50. The van der Waals surface area contributed by atoms with Gasteiger partial charge in [-0.2, -0.15) is 0 Å². The fourth-order valence-electron chi connectivity index (χ4n) is 7.37. The van der Waals surface area contributed by atoms with Crippen molar-refractivity contribution in [3.05, 3.63) is 72.9 Å². The minimum atomic E-state index is -4.64. The first kappa shape index (κ1) is 65.5. The van der Waals surface area contributed by atoms with E-state index in [1.54, 1.807) is 0 Å². The van der Waals surface area contributed by atoms with Crippen molar-refractivity contribution in [3.8, 4) is 0 Å². The molecular weight excluding hydrogens is 870 g/mol. The number of ether oxygens (including phenoxy) is 2. The second-order valence-corrected chi connectivity index (χ2v) is 21.0. The fourth-order valence-corrected chi connectivity index (χ4v) is 8.10. The summed E-state index contributed by atoms with van der Waals surface area (Å²) in [5, 5.41) is 0. The van der Waals surface area contributed by atoms with Crippen LogP contribution in [0.25, 0.3) is 0 Å². The average molecular weight is 974 g/mol. The van der Waals surface area contributed by atoms with Gasteiger partial charge < -0.3 is 27.9 Å². The summed E-state index contributed by atoms with van der Waals surface area (Å²) >= 11 is 0. The van der Waals surface area contributed by atoms with E-state index in [-0.39, 0.29) is 26.1 Å².